The van der Waals surface area contributed by atoms with E-state index in [-0.39, 0.29) is 5.78 Å². The van der Waals surface area contributed by atoms with Gasteiger partial charge < -0.3 is 14.5 Å². The smallest absolute Gasteiger partial charge is 0.332 e. The average Bonchev–Trinajstić information content (AvgIpc) is 3.16. The minimum atomic E-state index is -1.17. The maximum absolute atomic E-state index is 12.9. The molecule has 6 nitrogen and oxygen atoms in total. The molecule has 0 saturated heterocycles. The number of ketones is 1. The van der Waals surface area contributed by atoms with Crippen molar-refractivity contribution in [2.45, 2.75) is 13.0 Å². The molecule has 152 valence electrons. The minimum Gasteiger partial charge on any atom is -0.451 e. The van der Waals surface area contributed by atoms with Crippen molar-refractivity contribution in [2.24, 2.45) is 0 Å². The van der Waals surface area contributed by atoms with Crippen LogP contribution in [0.1, 0.15) is 34.7 Å². The SMILES string of the molecule is CC(=O)c1cccc(NC(=O)C(OC(=O)/C=C/c2ccc(I)o2)c2ccccc2)c1. The molecule has 3 aromatic rings. The first kappa shape index (κ1) is 21.5. The largest absolute Gasteiger partial charge is 0.451 e. The number of hydrogen-bond acceptors (Lipinski definition) is 5. The van der Waals surface area contributed by atoms with E-state index in [1.165, 1.54) is 19.1 Å². The number of hydrogen-bond donors (Lipinski definition) is 1. The van der Waals surface area contributed by atoms with E-state index in [0.717, 1.165) is 0 Å². The molecule has 3 rings (SSSR count). The van der Waals surface area contributed by atoms with Crippen molar-refractivity contribution < 1.29 is 23.5 Å². The Hall–Kier alpha value is -3.20. The van der Waals surface area contributed by atoms with E-state index >= 15 is 0 Å². The van der Waals surface area contributed by atoms with Gasteiger partial charge in [0.05, 0.1) is 0 Å². The lowest BCUT2D eigenvalue weighted by Crippen LogP contribution is -2.25. The van der Waals surface area contributed by atoms with Crippen molar-refractivity contribution in [1.29, 1.82) is 0 Å². The summed E-state index contributed by atoms with van der Waals surface area (Å²) in [6.45, 7) is 1.45. The molecule has 30 heavy (non-hydrogen) atoms. The van der Waals surface area contributed by atoms with Crippen LogP contribution in [0, 0.1) is 3.77 Å². The van der Waals surface area contributed by atoms with Crippen LogP contribution < -0.4 is 5.32 Å². The van der Waals surface area contributed by atoms with Crippen molar-refractivity contribution in [3.8, 4) is 0 Å². The number of esters is 1. The summed E-state index contributed by atoms with van der Waals surface area (Å²) in [7, 11) is 0. The highest BCUT2D eigenvalue weighted by molar-refractivity contribution is 14.1. The number of halogens is 1. The molecule has 0 aliphatic carbocycles. The third-order valence-corrected chi connectivity index (χ3v) is 4.67. The van der Waals surface area contributed by atoms with Gasteiger partial charge in [0.15, 0.2) is 9.55 Å². The van der Waals surface area contributed by atoms with Gasteiger partial charge in [0.2, 0.25) is 6.10 Å². The number of ether oxygens (including phenoxy) is 1. The highest BCUT2D eigenvalue weighted by Gasteiger charge is 2.24. The Bertz CT molecular complexity index is 1090. The zero-order chi connectivity index (χ0) is 21.5. The zero-order valence-corrected chi connectivity index (χ0v) is 18.2. The Morgan fingerprint density at radius 2 is 1.80 bits per heavy atom. The highest BCUT2D eigenvalue weighted by Crippen LogP contribution is 2.21. The van der Waals surface area contributed by atoms with Gasteiger partial charge in [0.25, 0.3) is 5.91 Å². The quantitative estimate of drug-likeness (QED) is 0.207. The van der Waals surface area contributed by atoms with Crippen LogP contribution in [0.5, 0.6) is 0 Å². The minimum absolute atomic E-state index is 0.116. The van der Waals surface area contributed by atoms with Crippen LogP contribution in [0.15, 0.2) is 77.2 Å². The van der Waals surface area contributed by atoms with Crippen molar-refractivity contribution in [3.05, 3.63) is 93.5 Å². The summed E-state index contributed by atoms with van der Waals surface area (Å²) < 4.78 is 11.5. The normalized spacial score (nSPS) is 11.8. The van der Waals surface area contributed by atoms with Gasteiger partial charge in [-0.2, -0.15) is 0 Å². The molecule has 7 heteroatoms. The van der Waals surface area contributed by atoms with Crippen LogP contribution in [0.25, 0.3) is 6.08 Å². The Morgan fingerprint density at radius 3 is 2.47 bits per heavy atom. The lowest BCUT2D eigenvalue weighted by molar-refractivity contribution is -0.149. The Balaban J connectivity index is 1.77. The summed E-state index contributed by atoms with van der Waals surface area (Å²) in [5, 5.41) is 2.71. The second-order valence-electron chi connectivity index (χ2n) is 6.33. The number of furan rings is 1. The predicted molar refractivity (Wildman–Crippen MR) is 121 cm³/mol. The summed E-state index contributed by atoms with van der Waals surface area (Å²) in [5.74, 6) is -0.841. The first-order valence-corrected chi connectivity index (χ1v) is 10.1. The third-order valence-electron chi connectivity index (χ3n) is 4.09. The molecular formula is C23H18INO5. The standard InChI is InChI=1S/C23H18INO5/c1-15(26)17-8-5-9-18(14-17)25-23(28)22(16-6-3-2-4-7-16)30-21(27)13-11-19-10-12-20(24)29-19/h2-14,22H,1H3,(H,25,28)/b13-11+. The van der Waals surface area contributed by atoms with Gasteiger partial charge in [-0.05, 0) is 59.9 Å². The van der Waals surface area contributed by atoms with Gasteiger partial charge in [-0.15, -0.1) is 0 Å². The Morgan fingerprint density at radius 1 is 1.03 bits per heavy atom. The van der Waals surface area contributed by atoms with Crippen molar-refractivity contribution in [3.63, 3.8) is 0 Å². The molecule has 1 N–H and O–H groups in total. The molecule has 1 aromatic heterocycles. The number of anilines is 1. The van der Waals surface area contributed by atoms with Gasteiger partial charge in [0.1, 0.15) is 5.76 Å². The molecule has 0 saturated carbocycles. The number of nitrogens with one attached hydrogen (secondary N) is 1. The topological polar surface area (TPSA) is 85.6 Å². The summed E-state index contributed by atoms with van der Waals surface area (Å²) in [5.41, 5.74) is 1.43. The fourth-order valence-corrected chi connectivity index (χ4v) is 3.08. The monoisotopic (exact) mass is 515 g/mol. The van der Waals surface area contributed by atoms with E-state index in [2.05, 4.69) is 5.32 Å². The number of Topliss-reactive ketones (excluding diaryl/α,β-unsaturated/α-hetero) is 1. The van der Waals surface area contributed by atoms with E-state index in [0.29, 0.717) is 26.3 Å². The van der Waals surface area contributed by atoms with Gasteiger partial charge in [-0.3, -0.25) is 9.59 Å². The molecule has 2 aromatic carbocycles. The van der Waals surface area contributed by atoms with Crippen LogP contribution in [0.4, 0.5) is 5.69 Å². The van der Waals surface area contributed by atoms with E-state index < -0.39 is 18.0 Å². The molecule has 0 aliphatic heterocycles. The van der Waals surface area contributed by atoms with Gasteiger partial charge in [-0.25, -0.2) is 4.79 Å². The van der Waals surface area contributed by atoms with Crippen LogP contribution in [-0.4, -0.2) is 17.7 Å². The van der Waals surface area contributed by atoms with Crippen LogP contribution >= 0.6 is 22.6 Å². The first-order chi connectivity index (χ1) is 14.4. The predicted octanol–water partition coefficient (Wildman–Crippen LogP) is 5.02. The van der Waals surface area contributed by atoms with Crippen LogP contribution in [-0.2, 0) is 14.3 Å². The number of carbonyl (C=O) groups is 3. The Labute approximate surface area is 187 Å². The second-order valence-corrected chi connectivity index (χ2v) is 7.39. The van der Waals surface area contributed by atoms with Crippen molar-refractivity contribution in [2.75, 3.05) is 5.32 Å². The first-order valence-electron chi connectivity index (χ1n) is 9.03. The second kappa shape index (κ2) is 10.0. The van der Waals surface area contributed by atoms with E-state index in [1.807, 2.05) is 22.6 Å². The van der Waals surface area contributed by atoms with Crippen LogP contribution in [0.2, 0.25) is 0 Å². The third kappa shape index (κ3) is 5.90. The number of carbonyl (C=O) groups excluding carboxylic acids is 3. The highest BCUT2D eigenvalue weighted by atomic mass is 127. The lowest BCUT2D eigenvalue weighted by atomic mass is 10.1. The van der Waals surface area contributed by atoms with Gasteiger partial charge in [0, 0.05) is 22.9 Å². The van der Waals surface area contributed by atoms with E-state index in [4.69, 9.17) is 9.15 Å². The summed E-state index contributed by atoms with van der Waals surface area (Å²) in [6.07, 6.45) is 1.51. The summed E-state index contributed by atoms with van der Waals surface area (Å²) >= 11 is 2.02. The maximum atomic E-state index is 12.9. The maximum Gasteiger partial charge on any atom is 0.332 e. The summed E-state index contributed by atoms with van der Waals surface area (Å²) in [4.78, 5) is 36.8. The van der Waals surface area contributed by atoms with Crippen LogP contribution in [0.3, 0.4) is 0 Å². The molecule has 1 unspecified atom stereocenters. The molecule has 0 radical (unpaired) electrons. The molecule has 0 aliphatic rings. The number of benzene rings is 2. The van der Waals surface area contributed by atoms with E-state index in [1.54, 1.807) is 66.7 Å². The Kier molecular flexibility index (Phi) is 7.18. The fourth-order valence-electron chi connectivity index (χ4n) is 2.65. The zero-order valence-electron chi connectivity index (χ0n) is 16.0. The summed E-state index contributed by atoms with van der Waals surface area (Å²) in [6, 6.07) is 18.7. The number of rotatable bonds is 7. The van der Waals surface area contributed by atoms with Crippen molar-refractivity contribution in [1.82, 2.24) is 0 Å². The molecule has 0 spiro atoms. The molecule has 0 bridgehead atoms. The molecule has 0 fully saturated rings. The molecular weight excluding hydrogens is 497 g/mol. The fraction of sp³-hybridized carbons (Fsp3) is 0.0870. The number of amides is 1. The molecule has 1 amide bonds. The van der Waals surface area contributed by atoms with E-state index in [9.17, 15) is 14.4 Å². The average molecular weight is 515 g/mol. The van der Waals surface area contributed by atoms with Gasteiger partial charge >= 0.3 is 5.97 Å². The van der Waals surface area contributed by atoms with Crippen molar-refractivity contribution >= 4 is 52.0 Å². The molecule has 1 atom stereocenters. The molecule has 1 heterocycles. The van der Waals surface area contributed by atoms with Gasteiger partial charge in [-0.1, -0.05) is 42.5 Å². The lowest BCUT2D eigenvalue weighted by Gasteiger charge is -2.17.